The van der Waals surface area contributed by atoms with E-state index < -0.39 is 0 Å². The maximum atomic E-state index is 9.11. The van der Waals surface area contributed by atoms with Crippen LogP contribution < -0.4 is 0 Å². The summed E-state index contributed by atoms with van der Waals surface area (Å²) in [6, 6.07) is 9.62. The zero-order valence-electron chi connectivity index (χ0n) is 8.03. The Bertz CT molecular complexity index is 416. The molecule has 2 heteroatoms. The molecule has 2 nitrogen and oxygen atoms in total. The molecule has 1 aromatic carbocycles. The van der Waals surface area contributed by atoms with Gasteiger partial charge < -0.3 is 9.52 Å². The Morgan fingerprint density at radius 3 is 2.71 bits per heavy atom. The molecule has 0 fully saturated rings. The minimum atomic E-state index is 0.0698. The van der Waals surface area contributed by atoms with Crippen molar-refractivity contribution >= 4 is 0 Å². The maximum Gasteiger partial charge on any atom is 0.134 e. The van der Waals surface area contributed by atoms with Crippen LogP contribution in [0.4, 0.5) is 0 Å². The van der Waals surface area contributed by atoms with Crippen LogP contribution in [0.2, 0.25) is 0 Å². The Hall–Kier alpha value is -1.54. The molecule has 0 aliphatic heterocycles. The van der Waals surface area contributed by atoms with Crippen LogP contribution in [0.15, 0.2) is 41.0 Å². The summed E-state index contributed by atoms with van der Waals surface area (Å²) in [4.78, 5) is 0. The number of hydrogen-bond donors (Lipinski definition) is 1. The summed E-state index contributed by atoms with van der Waals surface area (Å²) in [6.45, 7) is 2.06. The van der Waals surface area contributed by atoms with Gasteiger partial charge in [0.25, 0.3) is 0 Å². The average molecular weight is 188 g/mol. The molecule has 0 saturated heterocycles. The fourth-order valence-electron chi connectivity index (χ4n) is 1.55. The van der Waals surface area contributed by atoms with E-state index in [1.165, 1.54) is 0 Å². The monoisotopic (exact) mass is 188 g/mol. The minimum absolute atomic E-state index is 0.0698. The average Bonchev–Trinajstić information content (AvgIpc) is 2.71. The van der Waals surface area contributed by atoms with Gasteiger partial charge in [0, 0.05) is 5.56 Å². The number of aliphatic hydroxyl groups is 1. The predicted octanol–water partition coefficient (Wildman–Crippen LogP) is 2.75. The second-order valence-electron chi connectivity index (χ2n) is 3.23. The van der Waals surface area contributed by atoms with Crippen molar-refractivity contribution in [1.82, 2.24) is 0 Å². The van der Waals surface area contributed by atoms with E-state index in [4.69, 9.17) is 9.52 Å². The van der Waals surface area contributed by atoms with Crippen LogP contribution in [-0.2, 0) is 6.61 Å². The van der Waals surface area contributed by atoms with Gasteiger partial charge >= 0.3 is 0 Å². The molecule has 0 unspecified atom stereocenters. The molecule has 1 N–H and O–H groups in total. The first kappa shape index (κ1) is 9.03. The zero-order valence-corrected chi connectivity index (χ0v) is 8.03. The van der Waals surface area contributed by atoms with E-state index in [1.807, 2.05) is 37.3 Å². The Morgan fingerprint density at radius 1 is 1.21 bits per heavy atom. The highest BCUT2D eigenvalue weighted by atomic mass is 16.3. The highest BCUT2D eigenvalue weighted by Crippen LogP contribution is 2.25. The van der Waals surface area contributed by atoms with Gasteiger partial charge in [-0.3, -0.25) is 0 Å². The number of furan rings is 1. The number of hydrogen-bond acceptors (Lipinski definition) is 2. The molecule has 1 heterocycles. The van der Waals surface area contributed by atoms with E-state index in [2.05, 4.69) is 0 Å². The minimum Gasteiger partial charge on any atom is -0.464 e. The Morgan fingerprint density at radius 2 is 2.07 bits per heavy atom. The largest absolute Gasteiger partial charge is 0.464 e. The molecule has 0 spiro atoms. The summed E-state index contributed by atoms with van der Waals surface area (Å²) >= 11 is 0. The molecule has 0 atom stereocenters. The van der Waals surface area contributed by atoms with E-state index in [9.17, 15) is 0 Å². The lowest BCUT2D eigenvalue weighted by Crippen LogP contribution is -1.90. The van der Waals surface area contributed by atoms with E-state index in [-0.39, 0.29) is 6.61 Å². The topological polar surface area (TPSA) is 33.4 Å². The molecule has 2 rings (SSSR count). The van der Waals surface area contributed by atoms with E-state index in [0.717, 1.165) is 22.5 Å². The highest BCUT2D eigenvalue weighted by Gasteiger charge is 2.06. The van der Waals surface area contributed by atoms with Gasteiger partial charge in [-0.2, -0.15) is 0 Å². The van der Waals surface area contributed by atoms with Gasteiger partial charge in [-0.05, 0) is 30.2 Å². The van der Waals surface area contributed by atoms with Crippen molar-refractivity contribution in [1.29, 1.82) is 0 Å². The molecule has 2 aromatic rings. The van der Waals surface area contributed by atoms with Gasteiger partial charge in [-0.1, -0.05) is 18.2 Å². The molecule has 0 aliphatic carbocycles. The van der Waals surface area contributed by atoms with Gasteiger partial charge in [-0.25, -0.2) is 0 Å². The van der Waals surface area contributed by atoms with Crippen molar-refractivity contribution in [2.24, 2.45) is 0 Å². The lowest BCUT2D eigenvalue weighted by atomic mass is 10.0. The Balaban J connectivity index is 2.54. The Labute approximate surface area is 82.8 Å². The fraction of sp³-hybridized carbons (Fsp3) is 0.167. The van der Waals surface area contributed by atoms with Crippen molar-refractivity contribution in [2.75, 3.05) is 0 Å². The van der Waals surface area contributed by atoms with Crippen molar-refractivity contribution in [3.63, 3.8) is 0 Å². The van der Waals surface area contributed by atoms with Crippen LogP contribution in [0, 0.1) is 6.92 Å². The molecule has 72 valence electrons. The summed E-state index contributed by atoms with van der Waals surface area (Å²) in [5.41, 5.74) is 3.06. The van der Waals surface area contributed by atoms with Crippen LogP contribution in [0.3, 0.4) is 0 Å². The van der Waals surface area contributed by atoms with E-state index in [0.29, 0.717) is 0 Å². The molecule has 0 radical (unpaired) electrons. The SMILES string of the molecule is Cc1c(CO)cccc1-c1ccco1. The van der Waals surface area contributed by atoms with Crippen LogP contribution in [0.25, 0.3) is 11.3 Å². The van der Waals surface area contributed by atoms with Crippen molar-refractivity contribution in [3.05, 3.63) is 47.7 Å². The summed E-state index contributed by atoms with van der Waals surface area (Å²) in [5.74, 6) is 0.845. The molecular weight excluding hydrogens is 176 g/mol. The van der Waals surface area contributed by atoms with Gasteiger partial charge in [0.05, 0.1) is 12.9 Å². The molecule has 0 aliphatic rings. The maximum absolute atomic E-state index is 9.11. The van der Waals surface area contributed by atoms with Crippen LogP contribution in [0.1, 0.15) is 11.1 Å². The van der Waals surface area contributed by atoms with Crippen LogP contribution in [0.5, 0.6) is 0 Å². The third-order valence-corrected chi connectivity index (χ3v) is 2.40. The summed E-state index contributed by atoms with van der Waals surface area (Å²) in [7, 11) is 0. The lowest BCUT2D eigenvalue weighted by Gasteiger charge is -2.06. The van der Waals surface area contributed by atoms with E-state index in [1.54, 1.807) is 6.26 Å². The first-order valence-electron chi connectivity index (χ1n) is 4.56. The van der Waals surface area contributed by atoms with Crippen molar-refractivity contribution in [2.45, 2.75) is 13.5 Å². The van der Waals surface area contributed by atoms with E-state index >= 15 is 0 Å². The predicted molar refractivity (Wildman–Crippen MR) is 54.8 cm³/mol. The smallest absolute Gasteiger partial charge is 0.134 e. The highest BCUT2D eigenvalue weighted by molar-refractivity contribution is 5.63. The summed E-state index contributed by atoms with van der Waals surface area (Å²) in [6.07, 6.45) is 1.65. The second-order valence-corrected chi connectivity index (χ2v) is 3.23. The summed E-state index contributed by atoms with van der Waals surface area (Å²) in [5, 5.41) is 9.11. The third-order valence-electron chi connectivity index (χ3n) is 2.40. The molecule has 1 aromatic heterocycles. The molecule has 0 saturated carbocycles. The normalized spacial score (nSPS) is 10.4. The molecule has 0 bridgehead atoms. The molecular formula is C12H12O2. The van der Waals surface area contributed by atoms with Gasteiger partial charge in [0.15, 0.2) is 0 Å². The number of rotatable bonds is 2. The van der Waals surface area contributed by atoms with Crippen LogP contribution in [-0.4, -0.2) is 5.11 Å². The first-order chi connectivity index (χ1) is 6.83. The quantitative estimate of drug-likeness (QED) is 0.786. The Kier molecular flexibility index (Phi) is 2.37. The first-order valence-corrected chi connectivity index (χ1v) is 4.56. The van der Waals surface area contributed by atoms with Crippen LogP contribution >= 0.6 is 0 Å². The zero-order chi connectivity index (χ0) is 9.97. The number of aliphatic hydroxyl groups excluding tert-OH is 1. The molecule has 0 amide bonds. The van der Waals surface area contributed by atoms with Gasteiger partial charge in [0.1, 0.15) is 5.76 Å². The number of benzene rings is 1. The lowest BCUT2D eigenvalue weighted by molar-refractivity contribution is 0.281. The van der Waals surface area contributed by atoms with Gasteiger partial charge in [0.2, 0.25) is 0 Å². The molecule has 14 heavy (non-hydrogen) atoms. The van der Waals surface area contributed by atoms with Crippen molar-refractivity contribution < 1.29 is 9.52 Å². The fourth-order valence-corrected chi connectivity index (χ4v) is 1.55. The summed E-state index contributed by atoms with van der Waals surface area (Å²) < 4.78 is 5.32. The van der Waals surface area contributed by atoms with Gasteiger partial charge in [-0.15, -0.1) is 0 Å². The standard InChI is InChI=1S/C12H12O2/c1-9-10(8-13)4-2-5-11(9)12-6-3-7-14-12/h2-7,13H,8H2,1H3. The van der Waals surface area contributed by atoms with Crippen molar-refractivity contribution in [3.8, 4) is 11.3 Å². The third kappa shape index (κ3) is 1.44. The second kappa shape index (κ2) is 3.68.